The number of hydrogen-bond donors (Lipinski definition) is 0. The molecule has 0 atom stereocenters. The first-order valence-electron chi connectivity index (χ1n) is 10.0. The summed E-state index contributed by atoms with van der Waals surface area (Å²) in [5.41, 5.74) is 0. The highest BCUT2D eigenvalue weighted by Gasteiger charge is 2.50. The third kappa shape index (κ3) is 2.81. The van der Waals surface area contributed by atoms with Gasteiger partial charge in [0.05, 0.1) is 4.90 Å². The molecule has 0 radical (unpaired) electrons. The summed E-state index contributed by atoms with van der Waals surface area (Å²) in [5.74, 6) is 3.21. The predicted molar refractivity (Wildman–Crippen MR) is 97.6 cm³/mol. The van der Waals surface area contributed by atoms with E-state index in [0.29, 0.717) is 19.1 Å². The maximum atomic E-state index is 13.1. The highest BCUT2D eigenvalue weighted by molar-refractivity contribution is 7.89. The lowest BCUT2D eigenvalue weighted by Gasteiger charge is -2.58. The lowest BCUT2D eigenvalue weighted by Crippen LogP contribution is -2.60. The van der Waals surface area contributed by atoms with Crippen LogP contribution >= 0.6 is 0 Å². The molecule has 5 fully saturated rings. The molecule has 4 saturated carbocycles. The molecule has 1 aromatic carbocycles. The maximum absolute atomic E-state index is 13.1. The zero-order valence-corrected chi connectivity index (χ0v) is 15.9. The minimum Gasteiger partial charge on any atom is -0.297 e. The molecular weight excluding hydrogens is 351 g/mol. The molecule has 0 N–H and O–H groups in total. The van der Waals surface area contributed by atoms with Crippen LogP contribution in [0.15, 0.2) is 29.2 Å². The van der Waals surface area contributed by atoms with E-state index in [9.17, 15) is 12.8 Å². The fourth-order valence-electron chi connectivity index (χ4n) is 6.49. The Morgan fingerprint density at radius 3 is 1.88 bits per heavy atom. The maximum Gasteiger partial charge on any atom is 0.243 e. The average molecular weight is 379 g/mol. The second-order valence-electron chi connectivity index (χ2n) is 8.82. The fourth-order valence-corrected chi connectivity index (χ4v) is 7.91. The zero-order chi connectivity index (χ0) is 17.9. The second-order valence-corrected chi connectivity index (χ2v) is 10.8. The van der Waals surface area contributed by atoms with Gasteiger partial charge in [-0.1, -0.05) is 0 Å². The van der Waals surface area contributed by atoms with E-state index in [1.165, 1.54) is 56.4 Å². The Morgan fingerprint density at radius 1 is 0.808 bits per heavy atom. The first kappa shape index (κ1) is 17.1. The monoisotopic (exact) mass is 378 g/mol. The van der Waals surface area contributed by atoms with Gasteiger partial charge in [-0.2, -0.15) is 4.31 Å². The number of sulfonamides is 1. The van der Waals surface area contributed by atoms with Crippen molar-refractivity contribution in [3.05, 3.63) is 30.1 Å². The van der Waals surface area contributed by atoms with Crippen molar-refractivity contribution >= 4 is 10.0 Å². The molecule has 0 unspecified atom stereocenters. The van der Waals surface area contributed by atoms with Crippen LogP contribution in [0.5, 0.6) is 0 Å². The second kappa shape index (κ2) is 6.28. The van der Waals surface area contributed by atoms with Gasteiger partial charge in [0.2, 0.25) is 10.0 Å². The van der Waals surface area contributed by atoms with Crippen LogP contribution < -0.4 is 0 Å². The van der Waals surface area contributed by atoms with Crippen LogP contribution in [0.3, 0.4) is 0 Å². The van der Waals surface area contributed by atoms with Crippen molar-refractivity contribution in [1.82, 2.24) is 9.21 Å². The smallest absolute Gasteiger partial charge is 0.243 e. The summed E-state index contributed by atoms with van der Waals surface area (Å²) < 4.78 is 40.3. The quantitative estimate of drug-likeness (QED) is 0.812. The van der Waals surface area contributed by atoms with E-state index in [1.807, 2.05) is 0 Å². The number of hydrogen-bond acceptors (Lipinski definition) is 3. The van der Waals surface area contributed by atoms with Crippen molar-refractivity contribution in [2.75, 3.05) is 26.2 Å². The van der Waals surface area contributed by atoms with Gasteiger partial charge in [-0.25, -0.2) is 12.8 Å². The molecule has 142 valence electrons. The molecule has 4 aliphatic carbocycles. The Morgan fingerprint density at radius 2 is 1.35 bits per heavy atom. The molecule has 0 aromatic heterocycles. The van der Waals surface area contributed by atoms with Gasteiger partial charge in [-0.15, -0.1) is 0 Å². The van der Waals surface area contributed by atoms with Crippen LogP contribution in [0, 0.1) is 29.5 Å². The summed E-state index contributed by atoms with van der Waals surface area (Å²) in [6.07, 6.45) is 7.04. The largest absolute Gasteiger partial charge is 0.297 e. The normalized spacial score (nSPS) is 38.0. The molecule has 0 spiro atoms. The number of halogens is 1. The van der Waals surface area contributed by atoms with E-state index in [1.54, 1.807) is 4.31 Å². The molecule has 1 heterocycles. The van der Waals surface area contributed by atoms with Gasteiger partial charge in [0.25, 0.3) is 0 Å². The van der Waals surface area contributed by atoms with E-state index in [0.717, 1.165) is 36.8 Å². The first-order valence-corrected chi connectivity index (χ1v) is 11.4. The van der Waals surface area contributed by atoms with Gasteiger partial charge in [-0.3, -0.25) is 4.90 Å². The zero-order valence-electron chi connectivity index (χ0n) is 15.1. The number of benzene rings is 1. The number of piperazine rings is 1. The molecule has 1 saturated heterocycles. The topological polar surface area (TPSA) is 40.6 Å². The van der Waals surface area contributed by atoms with Crippen LogP contribution in [0.2, 0.25) is 0 Å². The molecule has 26 heavy (non-hydrogen) atoms. The van der Waals surface area contributed by atoms with Gasteiger partial charge >= 0.3 is 0 Å². The van der Waals surface area contributed by atoms with E-state index in [2.05, 4.69) is 4.90 Å². The minimum absolute atomic E-state index is 0.196. The Bertz CT molecular complexity index is 744. The molecule has 4 bridgehead atoms. The van der Waals surface area contributed by atoms with Crippen LogP contribution in [0.1, 0.15) is 32.1 Å². The van der Waals surface area contributed by atoms with Gasteiger partial charge in [-0.05, 0) is 80.0 Å². The van der Waals surface area contributed by atoms with Crippen LogP contribution in [-0.4, -0.2) is 49.8 Å². The minimum atomic E-state index is -3.51. The molecule has 1 aliphatic heterocycles. The molecule has 6 rings (SSSR count). The van der Waals surface area contributed by atoms with Gasteiger partial charge < -0.3 is 0 Å². The van der Waals surface area contributed by atoms with E-state index < -0.39 is 15.8 Å². The van der Waals surface area contributed by atoms with E-state index in [4.69, 9.17) is 0 Å². The Balaban J connectivity index is 1.27. The van der Waals surface area contributed by atoms with Gasteiger partial charge in [0, 0.05) is 32.2 Å². The van der Waals surface area contributed by atoms with Crippen LogP contribution in [-0.2, 0) is 10.0 Å². The first-order chi connectivity index (χ1) is 12.5. The van der Waals surface area contributed by atoms with E-state index >= 15 is 0 Å². The summed E-state index contributed by atoms with van der Waals surface area (Å²) in [6, 6.07) is 5.86. The predicted octanol–water partition coefficient (Wildman–Crippen LogP) is 2.96. The Kier molecular flexibility index (Phi) is 4.14. The Hall–Kier alpha value is -0.980. The molecule has 1 aromatic rings. The van der Waals surface area contributed by atoms with Crippen molar-refractivity contribution in [2.45, 2.75) is 43.0 Å². The SMILES string of the molecule is O=S(=O)(c1ccc(F)cc1)N1CCN(C2C3CC4CC(C3)CC2C4)CC1. The standard InChI is InChI=1S/C20H27FN2O2S/c21-18-1-3-19(4-2-18)26(24,25)23-7-5-22(6-8-23)20-16-10-14-9-15(12-16)13-17(20)11-14/h1-4,14-17,20H,5-13H2. The summed E-state index contributed by atoms with van der Waals surface area (Å²) in [6.45, 7) is 2.74. The number of rotatable bonds is 3. The van der Waals surface area contributed by atoms with Crippen molar-refractivity contribution in [3.63, 3.8) is 0 Å². The lowest BCUT2D eigenvalue weighted by molar-refractivity contribution is -0.0720. The molecule has 5 aliphatic rings. The average Bonchev–Trinajstić information content (AvgIpc) is 2.62. The molecule has 4 nitrogen and oxygen atoms in total. The lowest BCUT2D eigenvalue weighted by atomic mass is 9.54. The van der Waals surface area contributed by atoms with Gasteiger partial charge in [0.1, 0.15) is 5.82 Å². The molecular formula is C20H27FN2O2S. The summed E-state index contributed by atoms with van der Waals surface area (Å²) in [7, 11) is -3.51. The summed E-state index contributed by atoms with van der Waals surface area (Å²) in [5, 5.41) is 0. The van der Waals surface area contributed by atoms with E-state index in [-0.39, 0.29) is 4.90 Å². The van der Waals surface area contributed by atoms with Crippen molar-refractivity contribution < 1.29 is 12.8 Å². The summed E-state index contributed by atoms with van der Waals surface area (Å²) in [4.78, 5) is 2.78. The molecule has 6 heteroatoms. The highest BCUT2D eigenvalue weighted by Crippen LogP contribution is 2.55. The van der Waals surface area contributed by atoms with Crippen LogP contribution in [0.4, 0.5) is 4.39 Å². The third-order valence-electron chi connectivity index (χ3n) is 7.32. The fraction of sp³-hybridized carbons (Fsp3) is 0.700. The van der Waals surface area contributed by atoms with Crippen LogP contribution in [0.25, 0.3) is 0 Å². The highest BCUT2D eigenvalue weighted by atomic mass is 32.2. The third-order valence-corrected chi connectivity index (χ3v) is 9.24. The molecule has 0 amide bonds. The summed E-state index contributed by atoms with van der Waals surface area (Å²) >= 11 is 0. The van der Waals surface area contributed by atoms with Crippen molar-refractivity contribution in [2.24, 2.45) is 23.7 Å². The van der Waals surface area contributed by atoms with Gasteiger partial charge in [0.15, 0.2) is 0 Å². The van der Waals surface area contributed by atoms with Crippen molar-refractivity contribution in [3.8, 4) is 0 Å². The number of nitrogens with zero attached hydrogens (tertiary/aromatic N) is 2. The Labute approximate surface area is 155 Å². The van der Waals surface area contributed by atoms with Crippen molar-refractivity contribution in [1.29, 1.82) is 0 Å².